The maximum absolute atomic E-state index is 12.1. The predicted molar refractivity (Wildman–Crippen MR) is 177 cm³/mol. The minimum absolute atomic E-state index is 0.00598. The van der Waals surface area contributed by atoms with Gasteiger partial charge in [-0.3, -0.25) is 9.59 Å². The average Bonchev–Trinajstić information content (AvgIpc) is 3.39. The fourth-order valence-electron chi connectivity index (χ4n) is 3.75. The molecule has 0 aromatic heterocycles. The number of aliphatic hydroxyl groups excluding tert-OH is 1. The molecular formula is C27H41BN3O8S4. The summed E-state index contributed by atoms with van der Waals surface area (Å²) in [6, 6.07) is 6.67. The minimum atomic E-state index is -0.380. The van der Waals surface area contributed by atoms with Crippen LogP contribution in [0.5, 0.6) is 5.75 Å². The largest absolute Gasteiger partial charge is 0.490 e. The van der Waals surface area contributed by atoms with Crippen LogP contribution < -0.4 is 21.1 Å². The molecule has 2 unspecified atom stereocenters. The molecule has 2 rings (SSSR count). The fraction of sp³-hybridized carbons (Fsp3) is 0.630. The first-order chi connectivity index (χ1) is 20.9. The summed E-state index contributed by atoms with van der Waals surface area (Å²) in [4.78, 5) is 24.2. The van der Waals surface area contributed by atoms with Crippen LogP contribution in [0.1, 0.15) is 23.7 Å². The number of hydrogen-bond donors (Lipinski definition) is 4. The highest BCUT2D eigenvalue weighted by molar-refractivity contribution is 8.76. The Kier molecular flexibility index (Phi) is 20.4. The Balaban J connectivity index is 1.60. The lowest BCUT2D eigenvalue weighted by atomic mass is 9.71. The molecule has 0 saturated carbocycles. The first-order valence-electron chi connectivity index (χ1n) is 13.7. The number of amides is 2. The van der Waals surface area contributed by atoms with Crippen molar-refractivity contribution in [2.45, 2.75) is 42.4 Å². The van der Waals surface area contributed by atoms with Crippen LogP contribution >= 0.6 is 43.2 Å². The summed E-state index contributed by atoms with van der Waals surface area (Å²) in [5, 5.41) is 15.0. The number of carbonyl (C=O) groups excluding carboxylic acids is 2. The molecule has 1 heterocycles. The van der Waals surface area contributed by atoms with Crippen molar-refractivity contribution in [2.75, 3.05) is 65.2 Å². The third-order valence-electron chi connectivity index (χ3n) is 5.63. The number of hydrogen-bond acceptors (Lipinski definition) is 13. The molecule has 0 aliphatic carbocycles. The van der Waals surface area contributed by atoms with Crippen molar-refractivity contribution < 1.29 is 38.4 Å². The molecule has 5 atom stereocenters. The maximum atomic E-state index is 12.1. The average molecular weight is 675 g/mol. The number of nitrogens with two attached hydrogens (primary N) is 1. The molecule has 1 aliphatic rings. The third-order valence-corrected chi connectivity index (χ3v) is 9.50. The van der Waals surface area contributed by atoms with Crippen LogP contribution in [0, 0.1) is 11.7 Å². The molecule has 11 nitrogen and oxygen atoms in total. The van der Waals surface area contributed by atoms with Gasteiger partial charge in [0.05, 0.1) is 32.5 Å². The van der Waals surface area contributed by atoms with Gasteiger partial charge in [0.15, 0.2) is 0 Å². The lowest BCUT2D eigenvalue weighted by Crippen LogP contribution is -2.29. The molecule has 1 aromatic carbocycles. The van der Waals surface area contributed by atoms with Crippen LogP contribution in [0.4, 0.5) is 0 Å². The number of aliphatic hydroxyl groups is 1. The molecule has 0 spiro atoms. The molecule has 1 saturated heterocycles. The second-order valence-electron chi connectivity index (χ2n) is 8.90. The van der Waals surface area contributed by atoms with E-state index >= 15 is 0 Å². The van der Waals surface area contributed by atoms with Crippen LogP contribution in [-0.2, 0) is 23.7 Å². The van der Waals surface area contributed by atoms with Crippen LogP contribution in [0.2, 0.25) is 0 Å². The van der Waals surface area contributed by atoms with Gasteiger partial charge in [-0.2, -0.15) is 5.82 Å². The molecule has 1 aromatic rings. The summed E-state index contributed by atoms with van der Waals surface area (Å²) >= 11 is 0. The maximum Gasteiger partial charge on any atom is 0.251 e. The van der Waals surface area contributed by atoms with Gasteiger partial charge in [-0.15, -0.1) is 0 Å². The van der Waals surface area contributed by atoms with Gasteiger partial charge < -0.3 is 45.2 Å². The second-order valence-corrected chi connectivity index (χ2v) is 14.3. The summed E-state index contributed by atoms with van der Waals surface area (Å²) in [5.41, 5.74) is 5.65. The van der Waals surface area contributed by atoms with E-state index in [1.54, 1.807) is 63.9 Å². The van der Waals surface area contributed by atoms with E-state index < -0.39 is 0 Å². The molecule has 43 heavy (non-hydrogen) atoms. The Morgan fingerprint density at radius 1 is 1.23 bits per heavy atom. The van der Waals surface area contributed by atoms with E-state index in [4.69, 9.17) is 29.4 Å². The Morgan fingerprint density at radius 2 is 2.05 bits per heavy atom. The summed E-state index contributed by atoms with van der Waals surface area (Å²) in [5.74, 6) is 5.85. The van der Waals surface area contributed by atoms with E-state index in [1.165, 1.54) is 10.8 Å². The number of rotatable bonds is 21. The van der Waals surface area contributed by atoms with E-state index in [0.29, 0.717) is 30.8 Å². The van der Waals surface area contributed by atoms with Crippen molar-refractivity contribution in [3.8, 4) is 17.5 Å². The van der Waals surface area contributed by atoms with Crippen LogP contribution in [0.3, 0.4) is 0 Å². The molecule has 5 N–H and O–H groups in total. The number of ether oxygens (including phenoxy) is 5. The smallest absolute Gasteiger partial charge is 0.251 e. The summed E-state index contributed by atoms with van der Waals surface area (Å²) in [6.45, 7) is 3.47. The zero-order valence-electron chi connectivity index (χ0n) is 24.7. The van der Waals surface area contributed by atoms with Crippen molar-refractivity contribution in [1.29, 1.82) is 0 Å². The van der Waals surface area contributed by atoms with Crippen molar-refractivity contribution in [3.63, 3.8) is 0 Å². The molecule has 1 aliphatic heterocycles. The van der Waals surface area contributed by atoms with Crippen molar-refractivity contribution in [2.24, 2.45) is 5.73 Å². The molecule has 239 valence electrons. The van der Waals surface area contributed by atoms with Gasteiger partial charge in [-0.25, -0.2) is 0 Å². The lowest BCUT2D eigenvalue weighted by molar-refractivity contribution is -0.126. The standard InChI is InChI=1S/C27H41BN3O8S4/c1-19(42-40-2)38-22-15-24(39-23(22)16-32)28-8-5-10-30-25(33)17-35-12-13-36-26(43-41-3)18-37-21-7-4-6-20(14-21)27(34)31-11-9-29/h4,6-7,14,19,22-24,26,32H,9-13,15-18,29H2,1-3H3,(H,30,33)(H,31,34)/t19-,22+,23?,24+,26?/m0/s1. The van der Waals surface area contributed by atoms with Gasteiger partial charge in [-0.1, -0.05) is 55.2 Å². The molecule has 1 radical (unpaired) electrons. The molecule has 16 heteroatoms. The highest BCUT2D eigenvalue weighted by Gasteiger charge is 2.36. The van der Waals surface area contributed by atoms with Gasteiger partial charge in [0, 0.05) is 24.7 Å². The van der Waals surface area contributed by atoms with Gasteiger partial charge in [0.2, 0.25) is 5.91 Å². The minimum Gasteiger partial charge on any atom is -0.490 e. The zero-order valence-corrected chi connectivity index (χ0v) is 27.9. The van der Waals surface area contributed by atoms with Gasteiger partial charge in [0.1, 0.15) is 35.9 Å². The molecule has 0 bridgehead atoms. The van der Waals surface area contributed by atoms with E-state index in [-0.39, 0.29) is 80.5 Å². The Morgan fingerprint density at radius 3 is 2.79 bits per heavy atom. The van der Waals surface area contributed by atoms with Crippen molar-refractivity contribution in [1.82, 2.24) is 10.6 Å². The van der Waals surface area contributed by atoms with E-state index in [2.05, 4.69) is 22.4 Å². The third kappa shape index (κ3) is 16.0. The van der Waals surface area contributed by atoms with E-state index in [1.807, 2.05) is 19.4 Å². The normalized spacial score (nSPS) is 19.1. The molecule has 1 fully saturated rings. The number of nitrogens with one attached hydrogen (secondary N) is 2. The molecule has 2 amide bonds. The van der Waals surface area contributed by atoms with Gasteiger partial charge in [-0.05, 0) is 44.1 Å². The summed E-state index contributed by atoms with van der Waals surface area (Å²) < 4.78 is 28.9. The van der Waals surface area contributed by atoms with Crippen LogP contribution in [0.15, 0.2) is 24.3 Å². The number of benzene rings is 1. The summed E-state index contributed by atoms with van der Waals surface area (Å²) in [6.07, 6.45) is 3.98. The van der Waals surface area contributed by atoms with Crippen LogP contribution in [0.25, 0.3) is 0 Å². The fourth-order valence-corrected chi connectivity index (χ4v) is 6.63. The van der Waals surface area contributed by atoms with E-state index in [0.717, 1.165) is 0 Å². The number of carbonyl (C=O) groups is 2. The van der Waals surface area contributed by atoms with Gasteiger partial charge in [0.25, 0.3) is 13.2 Å². The predicted octanol–water partition coefficient (Wildman–Crippen LogP) is 1.76. The Labute approximate surface area is 270 Å². The quantitative estimate of drug-likeness (QED) is 0.0494. The first-order valence-corrected chi connectivity index (χ1v) is 18.9. The lowest BCUT2D eigenvalue weighted by Gasteiger charge is -2.20. The van der Waals surface area contributed by atoms with Crippen molar-refractivity contribution >= 4 is 62.3 Å². The van der Waals surface area contributed by atoms with Gasteiger partial charge >= 0.3 is 0 Å². The SMILES string of the molecule is CSSC(COc1cccc(C(=O)NCCN)c1)OCCOCC(=O)NCC#C[B][C@H]1C[C@@H](O[C@H](C)SSC)C(CO)O1. The summed E-state index contributed by atoms with van der Waals surface area (Å²) in [7, 11) is 8.02. The topological polar surface area (TPSA) is 151 Å². The first kappa shape index (κ1) is 37.9. The Bertz CT molecular complexity index is 1020. The van der Waals surface area contributed by atoms with E-state index in [9.17, 15) is 14.7 Å². The highest BCUT2D eigenvalue weighted by Crippen LogP contribution is 2.30. The second kappa shape index (κ2) is 23.1. The Hall–Kier alpha value is -1.26. The highest BCUT2D eigenvalue weighted by atomic mass is 33.1. The molecular weight excluding hydrogens is 633 g/mol. The van der Waals surface area contributed by atoms with Crippen molar-refractivity contribution in [3.05, 3.63) is 29.8 Å². The van der Waals surface area contributed by atoms with Crippen LogP contribution in [-0.4, -0.2) is 118 Å². The monoisotopic (exact) mass is 674 g/mol. The zero-order chi connectivity index (χ0) is 31.3.